The minimum atomic E-state index is -0.326. The average molecular weight is 525 g/mol. The Labute approximate surface area is 218 Å². The number of carbonyl (C=O) groups is 1. The van der Waals surface area contributed by atoms with E-state index in [-0.39, 0.29) is 22.9 Å². The topological polar surface area (TPSA) is 114 Å². The summed E-state index contributed by atoms with van der Waals surface area (Å²) in [4.78, 5) is 25.8. The van der Waals surface area contributed by atoms with Crippen molar-refractivity contribution in [2.45, 2.75) is 12.1 Å². The molecule has 194 valence electrons. The second-order valence-corrected chi connectivity index (χ2v) is 9.00. The van der Waals surface area contributed by atoms with Gasteiger partial charge in [-0.1, -0.05) is 30.0 Å². The van der Waals surface area contributed by atoms with Gasteiger partial charge in [0, 0.05) is 19.7 Å². The minimum Gasteiger partial charge on any atom is -0.493 e. The molecule has 2 aromatic heterocycles. The molecule has 0 unspecified atom stereocenters. The van der Waals surface area contributed by atoms with Gasteiger partial charge in [-0.15, -0.1) is 10.2 Å². The Morgan fingerprint density at radius 1 is 1.00 bits per heavy atom. The van der Waals surface area contributed by atoms with Crippen molar-refractivity contribution in [1.29, 1.82) is 0 Å². The van der Waals surface area contributed by atoms with E-state index in [0.717, 1.165) is 0 Å². The maximum Gasteiger partial charge on any atom is 0.295 e. The molecule has 0 fully saturated rings. The van der Waals surface area contributed by atoms with E-state index in [1.165, 1.54) is 23.6 Å². The van der Waals surface area contributed by atoms with Gasteiger partial charge in [0.25, 0.3) is 5.56 Å². The lowest BCUT2D eigenvalue weighted by Crippen LogP contribution is -2.23. The summed E-state index contributed by atoms with van der Waals surface area (Å²) in [5, 5.41) is 11.8. The van der Waals surface area contributed by atoms with Crippen LogP contribution in [0.15, 0.2) is 52.4 Å². The first-order valence-electron chi connectivity index (χ1n) is 11.3. The minimum absolute atomic E-state index is 0.0420. The van der Waals surface area contributed by atoms with Gasteiger partial charge in [-0.3, -0.25) is 14.3 Å². The highest BCUT2D eigenvalue weighted by atomic mass is 32.2. The smallest absolute Gasteiger partial charge is 0.295 e. The van der Waals surface area contributed by atoms with Crippen LogP contribution in [0.25, 0.3) is 17.1 Å². The van der Waals surface area contributed by atoms with Crippen LogP contribution in [0.3, 0.4) is 0 Å². The van der Waals surface area contributed by atoms with E-state index >= 15 is 0 Å². The lowest BCUT2D eigenvalue weighted by Gasteiger charge is -2.14. The molecule has 0 saturated carbocycles. The van der Waals surface area contributed by atoms with Crippen LogP contribution in [0.4, 0.5) is 5.69 Å². The van der Waals surface area contributed by atoms with Crippen molar-refractivity contribution >= 4 is 23.4 Å². The summed E-state index contributed by atoms with van der Waals surface area (Å²) in [5.74, 6) is 1.74. The van der Waals surface area contributed by atoms with Gasteiger partial charge in [0.1, 0.15) is 5.69 Å². The molecule has 0 saturated heterocycles. The number of aromatic nitrogens is 5. The van der Waals surface area contributed by atoms with Crippen molar-refractivity contribution in [2.24, 2.45) is 14.1 Å². The molecule has 4 rings (SSSR count). The van der Waals surface area contributed by atoms with E-state index in [1.807, 2.05) is 30.3 Å². The van der Waals surface area contributed by atoms with Crippen LogP contribution in [-0.2, 0) is 18.9 Å². The Balaban J connectivity index is 1.51. The van der Waals surface area contributed by atoms with Gasteiger partial charge >= 0.3 is 0 Å². The first kappa shape index (κ1) is 25.9. The second kappa shape index (κ2) is 10.8. The number of hydrogen-bond acceptors (Lipinski definition) is 8. The van der Waals surface area contributed by atoms with Crippen molar-refractivity contribution in [2.75, 3.05) is 32.4 Å². The zero-order valence-electron chi connectivity index (χ0n) is 21.4. The van der Waals surface area contributed by atoms with Crippen molar-refractivity contribution < 1.29 is 19.0 Å². The van der Waals surface area contributed by atoms with E-state index < -0.39 is 0 Å². The van der Waals surface area contributed by atoms with Gasteiger partial charge in [0.15, 0.2) is 22.5 Å². The molecular weight excluding hydrogens is 496 g/mol. The number of benzene rings is 2. The summed E-state index contributed by atoms with van der Waals surface area (Å²) in [6, 6.07) is 12.8. The normalized spacial score (nSPS) is 10.9. The molecule has 0 radical (unpaired) electrons. The molecule has 1 N–H and O–H groups in total. The van der Waals surface area contributed by atoms with Crippen LogP contribution in [0.5, 0.6) is 17.2 Å². The Morgan fingerprint density at radius 2 is 1.65 bits per heavy atom. The Bertz CT molecular complexity index is 1470. The molecule has 0 bridgehead atoms. The summed E-state index contributed by atoms with van der Waals surface area (Å²) in [7, 11) is 8.20. The Kier molecular flexibility index (Phi) is 7.58. The molecule has 11 nitrogen and oxygen atoms in total. The molecule has 1 amide bonds. The predicted molar refractivity (Wildman–Crippen MR) is 141 cm³/mol. The monoisotopic (exact) mass is 524 g/mol. The van der Waals surface area contributed by atoms with Gasteiger partial charge in [0.2, 0.25) is 11.7 Å². The molecular formula is C25H28N6O5S. The van der Waals surface area contributed by atoms with Crippen molar-refractivity contribution in [3.05, 3.63) is 58.5 Å². The van der Waals surface area contributed by atoms with Gasteiger partial charge in [-0.25, -0.2) is 4.68 Å². The molecule has 2 aromatic carbocycles. The molecule has 0 spiro atoms. The van der Waals surface area contributed by atoms with Gasteiger partial charge in [-0.05, 0) is 31.2 Å². The lowest BCUT2D eigenvalue weighted by atomic mass is 10.1. The maximum absolute atomic E-state index is 13.1. The number of carbonyl (C=O) groups excluding carboxylic acids is 1. The lowest BCUT2D eigenvalue weighted by molar-refractivity contribution is -0.113. The van der Waals surface area contributed by atoms with Crippen LogP contribution < -0.4 is 25.1 Å². The molecule has 0 aliphatic heterocycles. The predicted octanol–water partition coefficient (Wildman–Crippen LogP) is 3.04. The number of ether oxygens (including phenoxy) is 3. The highest BCUT2D eigenvalue weighted by molar-refractivity contribution is 7.99. The largest absolute Gasteiger partial charge is 0.493 e. The molecule has 4 aromatic rings. The first-order valence-corrected chi connectivity index (χ1v) is 12.3. The number of rotatable bonds is 9. The van der Waals surface area contributed by atoms with Gasteiger partial charge in [-0.2, -0.15) is 0 Å². The van der Waals surface area contributed by atoms with E-state index in [2.05, 4.69) is 15.5 Å². The number of anilines is 1. The summed E-state index contributed by atoms with van der Waals surface area (Å²) >= 11 is 1.21. The Hall–Kier alpha value is -4.19. The van der Waals surface area contributed by atoms with Crippen LogP contribution in [0, 0.1) is 6.92 Å². The third-order valence-electron chi connectivity index (χ3n) is 5.91. The fourth-order valence-electron chi connectivity index (χ4n) is 3.92. The zero-order chi connectivity index (χ0) is 26.7. The number of thioether (sulfide) groups is 1. The SMILES string of the molecule is COc1cc(-c2nnc(SCC(=O)Nc3c(C)n(C)n(-c4ccccc4)c3=O)n2C)cc(OC)c1OC. The number of methoxy groups -OCH3 is 3. The van der Waals surface area contributed by atoms with Crippen LogP contribution >= 0.6 is 11.8 Å². The molecule has 0 atom stereocenters. The fourth-order valence-corrected chi connectivity index (χ4v) is 4.63. The Morgan fingerprint density at radius 3 is 2.24 bits per heavy atom. The summed E-state index contributed by atoms with van der Waals surface area (Å²) in [5.41, 5.74) is 2.02. The van der Waals surface area contributed by atoms with E-state index in [9.17, 15) is 9.59 Å². The van der Waals surface area contributed by atoms with Gasteiger partial charge < -0.3 is 24.1 Å². The van der Waals surface area contributed by atoms with Crippen LogP contribution in [-0.4, -0.2) is 57.1 Å². The quantitative estimate of drug-likeness (QED) is 0.333. The highest BCUT2D eigenvalue weighted by Gasteiger charge is 2.21. The number of nitrogens with one attached hydrogen (secondary N) is 1. The fraction of sp³-hybridized carbons (Fsp3) is 0.280. The second-order valence-electron chi connectivity index (χ2n) is 8.05. The molecule has 37 heavy (non-hydrogen) atoms. The van der Waals surface area contributed by atoms with Gasteiger partial charge in [0.05, 0.1) is 38.5 Å². The maximum atomic E-state index is 13.1. The number of amides is 1. The third-order valence-corrected chi connectivity index (χ3v) is 6.93. The van der Waals surface area contributed by atoms with Crippen LogP contribution in [0.1, 0.15) is 5.69 Å². The average Bonchev–Trinajstić information content (AvgIpc) is 3.38. The molecule has 0 aliphatic carbocycles. The van der Waals surface area contributed by atoms with Crippen molar-refractivity contribution in [3.63, 3.8) is 0 Å². The van der Waals surface area contributed by atoms with E-state index in [4.69, 9.17) is 14.2 Å². The van der Waals surface area contributed by atoms with Crippen LogP contribution in [0.2, 0.25) is 0 Å². The van der Waals surface area contributed by atoms with E-state index in [0.29, 0.717) is 45.2 Å². The third kappa shape index (κ3) is 4.92. The van der Waals surface area contributed by atoms with E-state index in [1.54, 1.807) is 56.6 Å². The molecule has 2 heterocycles. The number of nitrogens with zero attached hydrogens (tertiary/aromatic N) is 5. The number of hydrogen-bond donors (Lipinski definition) is 1. The zero-order valence-corrected chi connectivity index (χ0v) is 22.3. The van der Waals surface area contributed by atoms with Crippen molar-refractivity contribution in [3.8, 4) is 34.3 Å². The van der Waals surface area contributed by atoms with Crippen molar-refractivity contribution in [1.82, 2.24) is 24.1 Å². The summed E-state index contributed by atoms with van der Waals surface area (Å²) in [6.07, 6.45) is 0. The summed E-state index contributed by atoms with van der Waals surface area (Å²) < 4.78 is 21.3. The molecule has 12 heteroatoms. The molecule has 0 aliphatic rings. The summed E-state index contributed by atoms with van der Waals surface area (Å²) in [6.45, 7) is 1.79. The standard InChI is InChI=1S/C25H28N6O5S/c1-15-21(24(33)31(30(15)3)17-10-8-7-9-11-17)26-20(32)14-37-25-28-27-23(29(25)2)16-12-18(34-4)22(36-6)19(13-16)35-5/h7-13H,14H2,1-6H3,(H,26,32). The number of para-hydroxylation sites is 1. The first-order chi connectivity index (χ1) is 17.8. The highest BCUT2D eigenvalue weighted by Crippen LogP contribution is 2.41.